The summed E-state index contributed by atoms with van der Waals surface area (Å²) in [5.41, 5.74) is 4.39. The average Bonchev–Trinajstić information content (AvgIpc) is 3.03. The first-order valence-electron chi connectivity index (χ1n) is 8.47. The summed E-state index contributed by atoms with van der Waals surface area (Å²) in [4.78, 5) is 4.66. The lowest BCUT2D eigenvalue weighted by Crippen LogP contribution is -2.04. The van der Waals surface area contributed by atoms with Gasteiger partial charge in [0.05, 0.1) is 5.69 Å². The zero-order valence-corrected chi connectivity index (χ0v) is 16.6. The van der Waals surface area contributed by atoms with Crippen LogP contribution >= 0.6 is 11.8 Å². The van der Waals surface area contributed by atoms with Crippen molar-refractivity contribution in [2.24, 2.45) is 12.0 Å². The van der Waals surface area contributed by atoms with E-state index in [-0.39, 0.29) is 0 Å². The Labute approximate surface area is 163 Å². The number of hydrogen-bond donors (Lipinski definition) is 0. The number of nitrogens with zero attached hydrogens (tertiary/aromatic N) is 5. The zero-order valence-electron chi connectivity index (χ0n) is 15.7. The molecule has 0 aliphatic heterocycles. The van der Waals surface area contributed by atoms with Gasteiger partial charge in [0, 0.05) is 13.1 Å². The van der Waals surface area contributed by atoms with Crippen LogP contribution in [-0.4, -0.2) is 26.1 Å². The summed E-state index contributed by atoms with van der Waals surface area (Å²) in [6.07, 6.45) is 1.82. The van der Waals surface area contributed by atoms with Gasteiger partial charge < -0.3 is 4.74 Å². The summed E-state index contributed by atoms with van der Waals surface area (Å²) in [6.45, 7) is 6.18. The van der Waals surface area contributed by atoms with Crippen molar-refractivity contribution in [1.29, 1.82) is 0 Å². The fourth-order valence-electron chi connectivity index (χ4n) is 2.29. The van der Waals surface area contributed by atoms with Gasteiger partial charge >= 0.3 is 0 Å². The van der Waals surface area contributed by atoms with Gasteiger partial charge in [-0.25, -0.2) is 9.67 Å². The molecule has 138 valence electrons. The lowest BCUT2D eigenvalue weighted by Gasteiger charge is -2.07. The maximum absolute atomic E-state index is 6.01. The molecule has 27 heavy (non-hydrogen) atoms. The first-order chi connectivity index (χ1) is 13.0. The van der Waals surface area contributed by atoms with E-state index in [1.54, 1.807) is 11.7 Å². The molecular weight excluding hydrogens is 358 g/mol. The summed E-state index contributed by atoms with van der Waals surface area (Å²) in [5, 5.41) is 13.9. The SMILES string of the molecule is Cc1cccc(OC(C=CSc2nnnn2C)=Nc2ccc(C)c(C)c2)c1. The quantitative estimate of drug-likeness (QED) is 0.370. The molecule has 1 heterocycles. The van der Waals surface area contributed by atoms with Crippen molar-refractivity contribution in [1.82, 2.24) is 20.2 Å². The molecule has 0 saturated heterocycles. The highest BCUT2D eigenvalue weighted by Crippen LogP contribution is 2.20. The number of ether oxygens (including phenoxy) is 1. The molecule has 0 spiro atoms. The van der Waals surface area contributed by atoms with Gasteiger partial charge in [-0.1, -0.05) is 30.0 Å². The molecule has 6 nitrogen and oxygen atoms in total. The summed E-state index contributed by atoms with van der Waals surface area (Å²) in [6, 6.07) is 14.0. The minimum atomic E-state index is 0.492. The minimum absolute atomic E-state index is 0.492. The van der Waals surface area contributed by atoms with Gasteiger partial charge in [-0.05, 0) is 77.6 Å². The van der Waals surface area contributed by atoms with Crippen molar-refractivity contribution in [3.8, 4) is 5.75 Å². The van der Waals surface area contributed by atoms with E-state index < -0.39 is 0 Å². The third-order valence-electron chi connectivity index (χ3n) is 3.91. The van der Waals surface area contributed by atoms with Gasteiger partial charge in [0.15, 0.2) is 0 Å². The standard InChI is InChI=1S/C20H21N5OS/c1-14-6-5-7-18(12-14)26-19(10-11-27-20-22-23-24-25(20)4)21-17-9-8-15(2)16(3)13-17/h5-13H,1-4H3. The van der Waals surface area contributed by atoms with Crippen LogP contribution in [0.15, 0.2) is 64.1 Å². The second-order valence-electron chi connectivity index (χ2n) is 6.14. The van der Waals surface area contributed by atoms with Crippen molar-refractivity contribution >= 4 is 23.3 Å². The van der Waals surface area contributed by atoms with Crippen LogP contribution in [0.2, 0.25) is 0 Å². The maximum Gasteiger partial charge on any atom is 0.220 e. The van der Waals surface area contributed by atoms with Crippen LogP contribution in [0.25, 0.3) is 0 Å². The molecule has 7 heteroatoms. The van der Waals surface area contributed by atoms with Crippen LogP contribution in [0.4, 0.5) is 5.69 Å². The predicted octanol–water partition coefficient (Wildman–Crippen LogP) is 4.55. The largest absolute Gasteiger partial charge is 0.439 e. The van der Waals surface area contributed by atoms with Crippen molar-refractivity contribution in [2.45, 2.75) is 25.9 Å². The third kappa shape index (κ3) is 5.27. The highest BCUT2D eigenvalue weighted by Gasteiger charge is 2.04. The van der Waals surface area contributed by atoms with Gasteiger partial charge in [0.2, 0.25) is 11.1 Å². The summed E-state index contributed by atoms with van der Waals surface area (Å²) < 4.78 is 7.62. The van der Waals surface area contributed by atoms with Crippen LogP contribution in [-0.2, 0) is 7.05 Å². The molecular formula is C20H21N5OS. The van der Waals surface area contributed by atoms with Gasteiger partial charge in [-0.3, -0.25) is 0 Å². The molecule has 0 N–H and O–H groups in total. The van der Waals surface area contributed by atoms with Gasteiger partial charge in [-0.2, -0.15) is 0 Å². The molecule has 0 bridgehead atoms. The van der Waals surface area contributed by atoms with Crippen LogP contribution in [0.1, 0.15) is 16.7 Å². The number of aromatic nitrogens is 4. The van der Waals surface area contributed by atoms with Crippen LogP contribution in [0, 0.1) is 20.8 Å². The zero-order chi connectivity index (χ0) is 19.2. The maximum atomic E-state index is 6.01. The van der Waals surface area contributed by atoms with Crippen molar-refractivity contribution in [3.05, 3.63) is 70.6 Å². The number of rotatable bonds is 5. The van der Waals surface area contributed by atoms with Crippen molar-refractivity contribution in [2.75, 3.05) is 0 Å². The van der Waals surface area contributed by atoms with E-state index in [0.717, 1.165) is 17.0 Å². The fourth-order valence-corrected chi connectivity index (χ4v) is 2.87. The monoisotopic (exact) mass is 379 g/mol. The molecule has 0 unspecified atom stereocenters. The molecule has 0 fully saturated rings. The molecule has 0 radical (unpaired) electrons. The molecule has 0 aliphatic rings. The van der Waals surface area contributed by atoms with Gasteiger partial charge in [0.1, 0.15) is 5.75 Å². The molecule has 1 aromatic heterocycles. The number of benzene rings is 2. The first-order valence-corrected chi connectivity index (χ1v) is 9.35. The Hall–Kier alpha value is -2.93. The first kappa shape index (κ1) is 18.8. The minimum Gasteiger partial charge on any atom is -0.439 e. The van der Waals surface area contributed by atoms with Crippen LogP contribution in [0.5, 0.6) is 5.75 Å². The highest BCUT2D eigenvalue weighted by atomic mass is 32.2. The number of hydrogen-bond acceptors (Lipinski definition) is 6. The molecule has 0 saturated carbocycles. The molecule has 0 atom stereocenters. The molecule has 0 amide bonds. The number of tetrazole rings is 1. The fraction of sp³-hybridized carbons (Fsp3) is 0.200. The molecule has 0 aliphatic carbocycles. The third-order valence-corrected chi connectivity index (χ3v) is 4.74. The van der Waals surface area contributed by atoms with E-state index in [9.17, 15) is 0 Å². The summed E-state index contributed by atoms with van der Waals surface area (Å²) in [5.74, 6) is 1.24. The van der Waals surface area contributed by atoms with Gasteiger partial charge in [-0.15, -0.1) is 5.10 Å². The van der Waals surface area contributed by atoms with Gasteiger partial charge in [0.25, 0.3) is 0 Å². The predicted molar refractivity (Wildman–Crippen MR) is 109 cm³/mol. The summed E-state index contributed by atoms with van der Waals surface area (Å²) in [7, 11) is 1.80. The van der Waals surface area contributed by atoms with E-state index in [1.165, 1.54) is 22.9 Å². The van der Waals surface area contributed by atoms with Crippen LogP contribution < -0.4 is 4.74 Å². The van der Waals surface area contributed by atoms with E-state index in [1.807, 2.05) is 54.8 Å². The van der Waals surface area contributed by atoms with Crippen molar-refractivity contribution < 1.29 is 4.74 Å². The molecule has 3 aromatic rings. The smallest absolute Gasteiger partial charge is 0.220 e. The van der Waals surface area contributed by atoms with E-state index in [4.69, 9.17) is 4.74 Å². The Bertz CT molecular complexity index is 994. The second-order valence-corrected chi connectivity index (χ2v) is 7.02. The number of aliphatic imine (C=N–C) groups is 1. The Kier molecular flexibility index (Phi) is 6.03. The Morgan fingerprint density at radius 1 is 1.11 bits per heavy atom. The van der Waals surface area contributed by atoms with Crippen LogP contribution in [0.3, 0.4) is 0 Å². The Balaban J connectivity index is 1.86. The normalized spacial score (nSPS) is 11.9. The van der Waals surface area contributed by atoms with E-state index >= 15 is 0 Å². The Morgan fingerprint density at radius 3 is 2.67 bits per heavy atom. The molecule has 3 rings (SSSR count). The number of thioether (sulfide) groups is 1. The van der Waals surface area contributed by atoms with E-state index in [0.29, 0.717) is 11.1 Å². The Morgan fingerprint density at radius 2 is 1.96 bits per heavy atom. The topological polar surface area (TPSA) is 65.2 Å². The highest BCUT2D eigenvalue weighted by molar-refractivity contribution is 8.02. The lowest BCUT2D eigenvalue weighted by molar-refractivity contribution is 0.555. The molecule has 2 aromatic carbocycles. The van der Waals surface area contributed by atoms with Crippen molar-refractivity contribution in [3.63, 3.8) is 0 Å². The number of aryl methyl sites for hydroxylation is 4. The average molecular weight is 379 g/mol. The second kappa shape index (κ2) is 8.64. The lowest BCUT2D eigenvalue weighted by atomic mass is 10.1. The van der Waals surface area contributed by atoms with E-state index in [2.05, 4.69) is 40.4 Å². The summed E-state index contributed by atoms with van der Waals surface area (Å²) >= 11 is 1.40.